The zero-order valence-corrected chi connectivity index (χ0v) is 19.1. The van der Waals surface area contributed by atoms with Crippen molar-refractivity contribution >= 4 is 27.9 Å². The summed E-state index contributed by atoms with van der Waals surface area (Å²) in [4.78, 5) is 14.7. The first kappa shape index (κ1) is 23.0. The van der Waals surface area contributed by atoms with E-state index < -0.39 is 31.5 Å². The number of nitrogens with zero attached hydrogens (tertiary/aromatic N) is 1. The number of rotatable bonds is 4. The summed E-state index contributed by atoms with van der Waals surface area (Å²) >= 11 is 5.01. The molecule has 2 aliphatic heterocycles. The maximum absolute atomic E-state index is 13.1. The van der Waals surface area contributed by atoms with Crippen molar-refractivity contribution in [2.24, 2.45) is 0 Å². The molecule has 12 heteroatoms. The fourth-order valence-electron chi connectivity index (χ4n) is 3.78. The largest absolute Gasteiger partial charge is 0.532 e. The van der Waals surface area contributed by atoms with E-state index in [1.54, 1.807) is 6.92 Å². The van der Waals surface area contributed by atoms with Gasteiger partial charge in [-0.2, -0.15) is 0 Å². The third-order valence-corrected chi connectivity index (χ3v) is 6.92. The van der Waals surface area contributed by atoms with Crippen LogP contribution in [-0.2, 0) is 25.0 Å². The Kier molecular flexibility index (Phi) is 5.97. The SMILES string of the molecule is [B]C(O)(OP1(=O)OCc2cc(C)cc(C)c2O1)C1CCC(n2cc(C#C)c(=S)[nH]c2=O)O1. The number of phosphoric ester groups is 1. The molecule has 2 aromatic rings. The van der Waals surface area contributed by atoms with Gasteiger partial charge in [0.1, 0.15) is 22.7 Å². The van der Waals surface area contributed by atoms with Crippen molar-refractivity contribution in [1.29, 1.82) is 0 Å². The lowest BCUT2D eigenvalue weighted by Crippen LogP contribution is -2.45. The van der Waals surface area contributed by atoms with Crippen molar-refractivity contribution in [3.05, 3.63) is 55.7 Å². The first-order valence-electron chi connectivity index (χ1n) is 9.75. The molecule has 32 heavy (non-hydrogen) atoms. The highest BCUT2D eigenvalue weighted by Gasteiger charge is 2.48. The number of hydrogen-bond donors (Lipinski definition) is 2. The summed E-state index contributed by atoms with van der Waals surface area (Å²) in [6.07, 6.45) is 5.36. The zero-order valence-electron chi connectivity index (χ0n) is 17.4. The van der Waals surface area contributed by atoms with E-state index >= 15 is 0 Å². The van der Waals surface area contributed by atoms with Crippen LogP contribution in [0.3, 0.4) is 0 Å². The van der Waals surface area contributed by atoms with Gasteiger partial charge in [0.15, 0.2) is 13.5 Å². The first-order chi connectivity index (χ1) is 15.0. The normalized spacial score (nSPS) is 26.6. The average molecular weight is 474 g/mol. The molecule has 0 aliphatic carbocycles. The number of phosphoric acid groups is 1. The molecule has 2 radical (unpaired) electrons. The number of aliphatic hydroxyl groups is 1. The minimum Gasteiger partial charge on any atom is -0.403 e. The minimum atomic E-state index is -4.25. The van der Waals surface area contributed by atoms with Gasteiger partial charge in [0.2, 0.25) is 0 Å². The van der Waals surface area contributed by atoms with Crippen molar-refractivity contribution in [3.63, 3.8) is 0 Å². The number of aryl methyl sites for hydroxylation is 2. The van der Waals surface area contributed by atoms with Crippen LogP contribution in [0.1, 0.15) is 41.3 Å². The third kappa shape index (κ3) is 4.35. The molecule has 0 amide bonds. The van der Waals surface area contributed by atoms with Crippen LogP contribution in [0.4, 0.5) is 0 Å². The van der Waals surface area contributed by atoms with Gasteiger partial charge in [-0.15, -0.1) is 6.42 Å². The summed E-state index contributed by atoms with van der Waals surface area (Å²) in [6.45, 7) is 3.68. The van der Waals surface area contributed by atoms with Gasteiger partial charge >= 0.3 is 13.5 Å². The molecular formula is C20H20BN2O7PS. The van der Waals surface area contributed by atoms with Crippen LogP contribution in [0.15, 0.2) is 23.1 Å². The van der Waals surface area contributed by atoms with Crippen molar-refractivity contribution in [3.8, 4) is 18.1 Å². The molecule has 1 saturated heterocycles. The topological polar surface area (TPSA) is 112 Å². The van der Waals surface area contributed by atoms with E-state index in [0.717, 1.165) is 11.1 Å². The van der Waals surface area contributed by atoms with Crippen LogP contribution in [-0.4, -0.2) is 34.3 Å². The molecule has 4 rings (SSSR count). The number of H-pyrrole nitrogens is 1. The van der Waals surface area contributed by atoms with Gasteiger partial charge in [0.25, 0.3) is 0 Å². The summed E-state index contributed by atoms with van der Waals surface area (Å²) in [5, 5.41) is 10.7. The van der Waals surface area contributed by atoms with E-state index in [9.17, 15) is 14.5 Å². The van der Waals surface area contributed by atoms with Crippen LogP contribution in [0, 0.1) is 30.8 Å². The maximum Gasteiger partial charge on any atom is 0.532 e. The van der Waals surface area contributed by atoms with Crippen LogP contribution in [0.25, 0.3) is 0 Å². The summed E-state index contributed by atoms with van der Waals surface area (Å²) in [6, 6.07) is 3.71. The van der Waals surface area contributed by atoms with E-state index in [1.807, 2.05) is 19.1 Å². The van der Waals surface area contributed by atoms with Crippen molar-refractivity contribution in [1.82, 2.24) is 9.55 Å². The van der Waals surface area contributed by atoms with Crippen molar-refractivity contribution < 1.29 is 28.0 Å². The van der Waals surface area contributed by atoms with E-state index in [0.29, 0.717) is 23.3 Å². The summed E-state index contributed by atoms with van der Waals surface area (Å²) < 4.78 is 36.2. The number of ether oxygens (including phenoxy) is 1. The molecule has 2 aliphatic rings. The zero-order chi connectivity index (χ0) is 23.3. The van der Waals surface area contributed by atoms with Gasteiger partial charge in [-0.05, 0) is 32.3 Å². The van der Waals surface area contributed by atoms with E-state index in [-0.39, 0.29) is 17.7 Å². The molecule has 0 spiro atoms. The Labute approximate surface area is 190 Å². The summed E-state index contributed by atoms with van der Waals surface area (Å²) in [7, 11) is 1.66. The fraction of sp³-hybridized carbons (Fsp3) is 0.400. The number of hydrogen-bond acceptors (Lipinski definition) is 8. The molecule has 2 N–H and O–H groups in total. The Morgan fingerprint density at radius 3 is 2.91 bits per heavy atom. The summed E-state index contributed by atoms with van der Waals surface area (Å²) in [5.41, 5.74) is -0.286. The number of aromatic nitrogens is 2. The molecule has 3 heterocycles. The third-order valence-electron chi connectivity index (χ3n) is 5.23. The smallest absolute Gasteiger partial charge is 0.403 e. The molecule has 1 aromatic carbocycles. The second-order valence-corrected chi connectivity index (χ2v) is 9.66. The van der Waals surface area contributed by atoms with Crippen LogP contribution in [0.5, 0.6) is 5.75 Å². The van der Waals surface area contributed by atoms with E-state index in [4.69, 9.17) is 44.8 Å². The lowest BCUT2D eigenvalue weighted by atomic mass is 9.88. The number of fused-ring (bicyclic) bond motifs is 1. The lowest BCUT2D eigenvalue weighted by molar-refractivity contribution is -0.176. The van der Waals surface area contributed by atoms with Gasteiger partial charge in [-0.1, -0.05) is 35.8 Å². The summed E-state index contributed by atoms with van der Waals surface area (Å²) in [5.74, 6) is 2.74. The molecule has 0 saturated carbocycles. The molecule has 9 nitrogen and oxygen atoms in total. The Balaban J connectivity index is 1.52. The maximum atomic E-state index is 13.1. The van der Waals surface area contributed by atoms with E-state index in [2.05, 4.69) is 10.9 Å². The van der Waals surface area contributed by atoms with Gasteiger partial charge in [0.05, 0.1) is 12.2 Å². The fourth-order valence-corrected chi connectivity index (χ4v) is 5.38. The second kappa shape index (κ2) is 8.30. The Morgan fingerprint density at radius 2 is 2.19 bits per heavy atom. The van der Waals surface area contributed by atoms with Crippen molar-refractivity contribution in [2.45, 2.75) is 51.3 Å². The first-order valence-corrected chi connectivity index (χ1v) is 11.6. The average Bonchev–Trinajstić information content (AvgIpc) is 3.19. The predicted octanol–water partition coefficient (Wildman–Crippen LogP) is 2.73. The Bertz CT molecular complexity index is 1280. The van der Waals surface area contributed by atoms with Crippen LogP contribution in [0.2, 0.25) is 0 Å². The van der Waals surface area contributed by atoms with Crippen molar-refractivity contribution in [2.75, 3.05) is 0 Å². The van der Waals surface area contributed by atoms with E-state index in [1.165, 1.54) is 10.8 Å². The predicted molar refractivity (Wildman–Crippen MR) is 118 cm³/mol. The van der Waals surface area contributed by atoms with Gasteiger partial charge in [-0.25, -0.2) is 9.36 Å². The lowest BCUT2D eigenvalue weighted by Gasteiger charge is -2.35. The Hall–Kier alpha value is -2.19. The van der Waals surface area contributed by atoms with Gasteiger partial charge in [-0.3, -0.25) is 18.6 Å². The molecule has 1 fully saturated rings. The standard InChI is InChI=1S/C20H20BN2O7PS/c1-4-13-9-23(19(24)22-18(13)32)16-6-5-15(28-16)20(21,25)30-31(26)27-10-14-8-11(2)7-12(3)17(14)29-31/h1,7-9,15-16,25H,5-6,10H2,2-3H3,(H,22,24,32). The highest BCUT2D eigenvalue weighted by atomic mass is 32.1. The Morgan fingerprint density at radius 1 is 1.44 bits per heavy atom. The molecule has 0 bridgehead atoms. The molecule has 4 atom stereocenters. The number of benzene rings is 1. The van der Waals surface area contributed by atoms with Crippen LogP contribution >= 0.6 is 20.0 Å². The highest BCUT2D eigenvalue weighted by Crippen LogP contribution is 2.58. The molecule has 4 unspecified atom stereocenters. The van der Waals surface area contributed by atoms with Gasteiger partial charge < -0.3 is 14.4 Å². The monoisotopic (exact) mass is 474 g/mol. The molecule has 166 valence electrons. The number of nitrogens with one attached hydrogen (secondary N) is 1. The minimum absolute atomic E-state index is 0.0348. The van der Waals surface area contributed by atoms with Crippen LogP contribution < -0.4 is 10.2 Å². The number of terminal acetylenes is 1. The molecule has 1 aromatic heterocycles. The van der Waals surface area contributed by atoms with Gasteiger partial charge in [0, 0.05) is 11.8 Å². The second-order valence-electron chi connectivity index (χ2n) is 7.74. The number of aromatic amines is 1. The quantitative estimate of drug-likeness (QED) is 0.229. The highest BCUT2D eigenvalue weighted by molar-refractivity contribution is 7.71. The molecular weight excluding hydrogens is 454 g/mol.